The van der Waals surface area contributed by atoms with E-state index in [4.69, 9.17) is 5.73 Å². The third-order valence-electron chi connectivity index (χ3n) is 2.51. The summed E-state index contributed by atoms with van der Waals surface area (Å²) in [5.41, 5.74) is 4.64. The number of amides is 1. The quantitative estimate of drug-likeness (QED) is 0.882. The molecule has 0 radical (unpaired) electrons. The predicted molar refractivity (Wildman–Crippen MR) is 60.2 cm³/mol. The van der Waals surface area contributed by atoms with Gasteiger partial charge in [-0.3, -0.25) is 0 Å². The number of benzene rings is 1. The maximum atomic E-state index is 12.5. The zero-order valence-electron chi connectivity index (χ0n) is 9.78. The number of fused-ring (bicyclic) bond motifs is 1. The lowest BCUT2D eigenvalue weighted by molar-refractivity contribution is -0.137. The Morgan fingerprint density at radius 2 is 2.16 bits per heavy atom. The molecule has 0 aliphatic carbocycles. The molecule has 1 aromatic heterocycles. The summed E-state index contributed by atoms with van der Waals surface area (Å²) >= 11 is 0. The van der Waals surface area contributed by atoms with Crippen LogP contribution < -0.4 is 5.73 Å². The number of hydrogen-bond acceptors (Lipinski definition) is 3. The normalized spacial score (nSPS) is 13.5. The van der Waals surface area contributed by atoms with Crippen LogP contribution in [0.2, 0.25) is 0 Å². The SMILES string of the molecule is C[C@H](OC(N)=O)c1nc2ccc(C(F)(F)F)cc2[nH]1. The molecule has 1 amide bonds. The highest BCUT2D eigenvalue weighted by Crippen LogP contribution is 2.31. The molecule has 0 bridgehead atoms. The number of halogens is 3. The summed E-state index contributed by atoms with van der Waals surface area (Å²) < 4.78 is 42.3. The Morgan fingerprint density at radius 3 is 2.74 bits per heavy atom. The number of nitrogens with zero attached hydrogens (tertiary/aromatic N) is 1. The summed E-state index contributed by atoms with van der Waals surface area (Å²) in [4.78, 5) is 17.3. The number of carbonyl (C=O) groups excluding carboxylic acids is 1. The fourth-order valence-electron chi connectivity index (χ4n) is 1.63. The first-order valence-electron chi connectivity index (χ1n) is 5.30. The molecule has 0 saturated heterocycles. The van der Waals surface area contributed by atoms with Gasteiger partial charge in [0.15, 0.2) is 6.10 Å². The van der Waals surface area contributed by atoms with E-state index in [2.05, 4.69) is 14.7 Å². The van der Waals surface area contributed by atoms with Crippen molar-refractivity contribution >= 4 is 17.1 Å². The van der Waals surface area contributed by atoms with E-state index in [1.807, 2.05) is 0 Å². The van der Waals surface area contributed by atoms with Crippen molar-refractivity contribution in [1.82, 2.24) is 9.97 Å². The lowest BCUT2D eigenvalue weighted by Gasteiger charge is -2.07. The van der Waals surface area contributed by atoms with Gasteiger partial charge in [-0.15, -0.1) is 0 Å². The van der Waals surface area contributed by atoms with Gasteiger partial charge in [0, 0.05) is 0 Å². The third-order valence-corrected chi connectivity index (χ3v) is 2.51. The number of nitrogens with one attached hydrogen (secondary N) is 1. The van der Waals surface area contributed by atoms with Gasteiger partial charge in [-0.05, 0) is 25.1 Å². The van der Waals surface area contributed by atoms with Crippen LogP contribution in [-0.4, -0.2) is 16.1 Å². The minimum absolute atomic E-state index is 0.213. The molecule has 2 rings (SSSR count). The Kier molecular flexibility index (Phi) is 3.09. The Bertz CT molecular complexity index is 621. The zero-order valence-corrected chi connectivity index (χ0v) is 9.78. The molecule has 102 valence electrons. The zero-order chi connectivity index (χ0) is 14.2. The average Bonchev–Trinajstić information content (AvgIpc) is 2.69. The molecule has 1 atom stereocenters. The van der Waals surface area contributed by atoms with E-state index in [9.17, 15) is 18.0 Å². The topological polar surface area (TPSA) is 81.0 Å². The van der Waals surface area contributed by atoms with Crippen molar-refractivity contribution < 1.29 is 22.7 Å². The molecular formula is C11H10F3N3O2. The van der Waals surface area contributed by atoms with Crippen molar-refractivity contribution in [1.29, 1.82) is 0 Å². The summed E-state index contributed by atoms with van der Waals surface area (Å²) in [6.07, 6.45) is -6.17. The summed E-state index contributed by atoms with van der Waals surface area (Å²) in [6.45, 7) is 1.51. The molecule has 0 unspecified atom stereocenters. The van der Waals surface area contributed by atoms with Crippen LogP contribution in [0, 0.1) is 0 Å². The second-order valence-corrected chi connectivity index (χ2v) is 3.93. The number of imidazole rings is 1. The number of ether oxygens (including phenoxy) is 1. The molecule has 2 aromatic rings. The maximum absolute atomic E-state index is 12.5. The van der Waals surface area contributed by atoms with Crippen LogP contribution in [0.25, 0.3) is 11.0 Å². The van der Waals surface area contributed by atoms with Gasteiger partial charge in [0.1, 0.15) is 5.82 Å². The summed E-state index contributed by atoms with van der Waals surface area (Å²) in [6, 6.07) is 3.13. The van der Waals surface area contributed by atoms with E-state index in [-0.39, 0.29) is 11.3 Å². The second-order valence-electron chi connectivity index (χ2n) is 3.93. The number of aromatic amines is 1. The molecule has 5 nitrogen and oxygen atoms in total. The predicted octanol–water partition coefficient (Wildman–Crippen LogP) is 2.74. The molecule has 19 heavy (non-hydrogen) atoms. The molecule has 0 aliphatic heterocycles. The van der Waals surface area contributed by atoms with Gasteiger partial charge in [0.05, 0.1) is 16.6 Å². The van der Waals surface area contributed by atoms with Crippen molar-refractivity contribution in [3.8, 4) is 0 Å². The second kappa shape index (κ2) is 4.45. The number of nitrogens with two attached hydrogens (primary N) is 1. The Labute approximate surface area is 105 Å². The molecule has 0 fully saturated rings. The highest BCUT2D eigenvalue weighted by Gasteiger charge is 2.30. The Hall–Kier alpha value is -2.25. The van der Waals surface area contributed by atoms with Gasteiger partial charge >= 0.3 is 12.3 Å². The highest BCUT2D eigenvalue weighted by atomic mass is 19.4. The van der Waals surface area contributed by atoms with Gasteiger partial charge in [0.2, 0.25) is 0 Å². The number of primary amides is 1. The first-order chi connectivity index (χ1) is 8.77. The van der Waals surface area contributed by atoms with Crippen LogP contribution in [0.4, 0.5) is 18.0 Å². The number of rotatable bonds is 2. The van der Waals surface area contributed by atoms with Crippen molar-refractivity contribution in [2.75, 3.05) is 0 Å². The fraction of sp³-hybridized carbons (Fsp3) is 0.273. The van der Waals surface area contributed by atoms with E-state index in [0.717, 1.165) is 12.1 Å². The number of H-pyrrole nitrogens is 1. The average molecular weight is 273 g/mol. The van der Waals surface area contributed by atoms with Crippen molar-refractivity contribution in [2.45, 2.75) is 19.2 Å². The first kappa shape index (κ1) is 13.2. The third kappa shape index (κ3) is 2.78. The van der Waals surface area contributed by atoms with Gasteiger partial charge < -0.3 is 15.5 Å². The highest BCUT2D eigenvalue weighted by molar-refractivity contribution is 5.76. The maximum Gasteiger partial charge on any atom is 0.416 e. The van der Waals surface area contributed by atoms with Crippen LogP contribution in [-0.2, 0) is 10.9 Å². The minimum Gasteiger partial charge on any atom is -0.439 e. The van der Waals surface area contributed by atoms with Crippen LogP contribution in [0.3, 0.4) is 0 Å². The largest absolute Gasteiger partial charge is 0.439 e. The monoisotopic (exact) mass is 273 g/mol. The standard InChI is InChI=1S/C11H10F3N3O2/c1-5(19-10(15)18)9-16-7-3-2-6(11(12,13)14)4-8(7)17-9/h2-5H,1H3,(H2,15,18)(H,16,17)/t5-/m0/s1. The molecule has 8 heteroatoms. The minimum atomic E-state index is -4.42. The summed E-state index contributed by atoms with van der Waals surface area (Å²) in [7, 11) is 0. The molecule has 3 N–H and O–H groups in total. The Balaban J connectivity index is 2.38. The molecular weight excluding hydrogens is 263 g/mol. The number of carbonyl (C=O) groups is 1. The van der Waals surface area contributed by atoms with E-state index in [1.165, 1.54) is 13.0 Å². The molecule has 0 saturated carbocycles. The van der Waals surface area contributed by atoms with Crippen LogP contribution in [0.5, 0.6) is 0 Å². The first-order valence-corrected chi connectivity index (χ1v) is 5.30. The smallest absolute Gasteiger partial charge is 0.416 e. The van der Waals surface area contributed by atoms with Gasteiger partial charge in [-0.2, -0.15) is 13.2 Å². The lowest BCUT2D eigenvalue weighted by Crippen LogP contribution is -2.16. The van der Waals surface area contributed by atoms with Gasteiger partial charge in [-0.25, -0.2) is 9.78 Å². The molecule has 1 aromatic carbocycles. The van der Waals surface area contributed by atoms with Gasteiger partial charge in [-0.1, -0.05) is 0 Å². The molecule has 0 aliphatic rings. The fourth-order valence-corrected chi connectivity index (χ4v) is 1.63. The van der Waals surface area contributed by atoms with Crippen molar-refractivity contribution in [3.63, 3.8) is 0 Å². The molecule has 1 heterocycles. The van der Waals surface area contributed by atoms with Gasteiger partial charge in [0.25, 0.3) is 0 Å². The number of hydrogen-bond donors (Lipinski definition) is 2. The summed E-state index contributed by atoms with van der Waals surface area (Å²) in [5.74, 6) is 0.230. The Morgan fingerprint density at radius 1 is 1.47 bits per heavy atom. The van der Waals surface area contributed by atoms with E-state index < -0.39 is 23.9 Å². The van der Waals surface area contributed by atoms with Crippen LogP contribution in [0.15, 0.2) is 18.2 Å². The summed E-state index contributed by atoms with van der Waals surface area (Å²) in [5, 5.41) is 0. The van der Waals surface area contributed by atoms with E-state index >= 15 is 0 Å². The number of aromatic nitrogens is 2. The van der Waals surface area contributed by atoms with Crippen LogP contribution >= 0.6 is 0 Å². The van der Waals surface area contributed by atoms with E-state index in [0.29, 0.717) is 5.52 Å². The van der Waals surface area contributed by atoms with Crippen molar-refractivity contribution in [2.24, 2.45) is 5.73 Å². The lowest BCUT2D eigenvalue weighted by atomic mass is 10.2. The van der Waals surface area contributed by atoms with Crippen LogP contribution in [0.1, 0.15) is 24.4 Å². The van der Waals surface area contributed by atoms with Crippen molar-refractivity contribution in [3.05, 3.63) is 29.6 Å². The van der Waals surface area contributed by atoms with E-state index in [1.54, 1.807) is 0 Å². The molecule has 0 spiro atoms. The number of alkyl halides is 3.